The average Bonchev–Trinajstić information content (AvgIpc) is 2.66. The number of carbonyl (C=O) groups excluding carboxylic acids is 1. The molecule has 0 aliphatic rings. The number of rotatable bonds is 1. The third-order valence-corrected chi connectivity index (χ3v) is 2.55. The van der Waals surface area contributed by atoms with Crippen LogP contribution in [0, 0.1) is 0 Å². The number of ether oxygens (including phenoxy) is 1. The van der Waals surface area contributed by atoms with Crippen molar-refractivity contribution in [2.75, 3.05) is 0 Å². The Morgan fingerprint density at radius 2 is 2.16 bits per heavy atom. The molecule has 0 aliphatic heterocycles. The highest BCUT2D eigenvalue weighted by atomic mass is 16.6. The van der Waals surface area contributed by atoms with Crippen molar-refractivity contribution in [3.05, 3.63) is 28.4 Å². The zero-order valence-corrected chi connectivity index (χ0v) is 11.5. The van der Waals surface area contributed by atoms with E-state index in [2.05, 4.69) is 9.97 Å². The standard InChI is InChI=1S/C13H17N3O3/c1-5-9-15-10-8(6-7-14-11(10)17)16(9)12(18)19-13(2,3)4/h6-7H,5H2,1-4H3,(H,14,17). The average molecular weight is 263 g/mol. The molecule has 0 amide bonds. The summed E-state index contributed by atoms with van der Waals surface area (Å²) < 4.78 is 6.70. The first-order valence-corrected chi connectivity index (χ1v) is 6.16. The fourth-order valence-electron chi connectivity index (χ4n) is 1.81. The maximum Gasteiger partial charge on any atom is 0.420 e. The second kappa shape index (κ2) is 4.53. The Bertz CT molecular complexity index is 676. The first-order chi connectivity index (χ1) is 8.83. The number of H-pyrrole nitrogens is 1. The predicted molar refractivity (Wildman–Crippen MR) is 71.4 cm³/mol. The van der Waals surface area contributed by atoms with Gasteiger partial charge in [0.2, 0.25) is 0 Å². The number of carbonyl (C=O) groups is 1. The SMILES string of the molecule is CCc1nc2c(=O)[nH]ccc2n1C(=O)OC(C)(C)C. The lowest BCUT2D eigenvalue weighted by Crippen LogP contribution is -2.28. The Morgan fingerprint density at radius 3 is 2.74 bits per heavy atom. The molecule has 6 nitrogen and oxygen atoms in total. The van der Waals surface area contributed by atoms with E-state index in [-0.39, 0.29) is 11.1 Å². The van der Waals surface area contributed by atoms with Gasteiger partial charge in [-0.25, -0.2) is 14.3 Å². The van der Waals surface area contributed by atoms with Crippen LogP contribution in [0.1, 0.15) is 33.5 Å². The topological polar surface area (TPSA) is 77.0 Å². The minimum absolute atomic E-state index is 0.255. The smallest absolute Gasteiger partial charge is 0.420 e. The molecule has 0 spiro atoms. The molecule has 0 bridgehead atoms. The van der Waals surface area contributed by atoms with E-state index in [1.54, 1.807) is 26.8 Å². The number of aromatic nitrogens is 3. The van der Waals surface area contributed by atoms with Crippen LogP contribution in [0.2, 0.25) is 0 Å². The number of fused-ring (bicyclic) bond motifs is 1. The van der Waals surface area contributed by atoms with E-state index in [9.17, 15) is 9.59 Å². The molecule has 1 N–H and O–H groups in total. The zero-order valence-electron chi connectivity index (χ0n) is 11.5. The van der Waals surface area contributed by atoms with Gasteiger partial charge in [-0.05, 0) is 26.8 Å². The minimum atomic E-state index is -0.597. The van der Waals surface area contributed by atoms with Crippen LogP contribution < -0.4 is 5.56 Å². The van der Waals surface area contributed by atoms with Gasteiger partial charge in [-0.3, -0.25) is 4.79 Å². The number of nitrogens with zero attached hydrogens (tertiary/aromatic N) is 2. The Balaban J connectivity index is 2.62. The van der Waals surface area contributed by atoms with Crippen molar-refractivity contribution in [3.63, 3.8) is 0 Å². The van der Waals surface area contributed by atoms with Gasteiger partial charge < -0.3 is 9.72 Å². The molecule has 0 saturated carbocycles. The van der Waals surface area contributed by atoms with Crippen LogP contribution in [0.4, 0.5) is 4.79 Å². The number of hydrogen-bond acceptors (Lipinski definition) is 4. The Morgan fingerprint density at radius 1 is 1.47 bits per heavy atom. The van der Waals surface area contributed by atoms with Crippen molar-refractivity contribution >= 4 is 17.1 Å². The zero-order chi connectivity index (χ0) is 14.2. The van der Waals surface area contributed by atoms with Gasteiger partial charge in [0.05, 0.1) is 5.52 Å². The second-order valence-corrected chi connectivity index (χ2v) is 5.24. The number of aromatic amines is 1. The van der Waals surface area contributed by atoms with Gasteiger partial charge in [0.15, 0.2) is 5.52 Å². The minimum Gasteiger partial charge on any atom is -0.443 e. The van der Waals surface area contributed by atoms with Crippen molar-refractivity contribution in [2.24, 2.45) is 0 Å². The van der Waals surface area contributed by atoms with E-state index in [1.165, 1.54) is 10.8 Å². The lowest BCUT2D eigenvalue weighted by molar-refractivity contribution is 0.0539. The van der Waals surface area contributed by atoms with E-state index in [4.69, 9.17) is 4.74 Å². The van der Waals surface area contributed by atoms with Crippen molar-refractivity contribution in [3.8, 4) is 0 Å². The van der Waals surface area contributed by atoms with Crippen LogP contribution in [0.25, 0.3) is 11.0 Å². The highest BCUT2D eigenvalue weighted by Gasteiger charge is 2.23. The summed E-state index contributed by atoms with van der Waals surface area (Å²) in [7, 11) is 0. The van der Waals surface area contributed by atoms with Crippen LogP contribution in [0.3, 0.4) is 0 Å². The highest BCUT2D eigenvalue weighted by Crippen LogP contribution is 2.16. The molecule has 0 atom stereocenters. The van der Waals surface area contributed by atoms with Crippen LogP contribution >= 0.6 is 0 Å². The first-order valence-electron chi connectivity index (χ1n) is 6.16. The number of imidazole rings is 1. The van der Waals surface area contributed by atoms with Gasteiger partial charge in [0, 0.05) is 12.6 Å². The van der Waals surface area contributed by atoms with Gasteiger partial charge in [0.1, 0.15) is 11.4 Å². The Labute approximate surface area is 110 Å². The molecule has 0 unspecified atom stereocenters. The predicted octanol–water partition coefficient (Wildman–Crippen LogP) is 2.07. The highest BCUT2D eigenvalue weighted by molar-refractivity contribution is 5.87. The molecule has 102 valence electrons. The van der Waals surface area contributed by atoms with Gasteiger partial charge in [-0.15, -0.1) is 0 Å². The molecule has 19 heavy (non-hydrogen) atoms. The molecule has 2 heterocycles. The fourth-order valence-corrected chi connectivity index (χ4v) is 1.81. The summed E-state index contributed by atoms with van der Waals surface area (Å²) in [6, 6.07) is 1.65. The summed E-state index contributed by atoms with van der Waals surface area (Å²) >= 11 is 0. The fraction of sp³-hybridized carbons (Fsp3) is 0.462. The monoisotopic (exact) mass is 263 g/mol. The molecule has 0 radical (unpaired) electrons. The summed E-state index contributed by atoms with van der Waals surface area (Å²) in [5.41, 5.74) is -0.186. The molecule has 2 rings (SSSR count). The van der Waals surface area contributed by atoms with Crippen molar-refractivity contribution < 1.29 is 9.53 Å². The van der Waals surface area contributed by atoms with Crippen LogP contribution in [-0.4, -0.2) is 26.2 Å². The normalized spacial score (nSPS) is 11.8. The quantitative estimate of drug-likeness (QED) is 0.854. The van der Waals surface area contributed by atoms with Gasteiger partial charge in [-0.2, -0.15) is 0 Å². The van der Waals surface area contributed by atoms with Crippen molar-refractivity contribution in [1.82, 2.24) is 14.5 Å². The van der Waals surface area contributed by atoms with Crippen LogP contribution in [0.5, 0.6) is 0 Å². The summed E-state index contributed by atoms with van der Waals surface area (Å²) in [6.07, 6.45) is 1.51. The van der Waals surface area contributed by atoms with Gasteiger partial charge in [-0.1, -0.05) is 6.92 Å². The molecule has 0 aromatic carbocycles. The second-order valence-electron chi connectivity index (χ2n) is 5.24. The molecule has 2 aromatic rings. The van der Waals surface area contributed by atoms with E-state index in [0.29, 0.717) is 17.8 Å². The lowest BCUT2D eigenvalue weighted by atomic mass is 10.2. The van der Waals surface area contributed by atoms with Gasteiger partial charge >= 0.3 is 6.09 Å². The maximum absolute atomic E-state index is 12.2. The van der Waals surface area contributed by atoms with E-state index < -0.39 is 11.7 Å². The summed E-state index contributed by atoms with van der Waals surface area (Å²) in [6.45, 7) is 7.25. The van der Waals surface area contributed by atoms with Crippen LogP contribution in [0.15, 0.2) is 17.1 Å². The number of hydrogen-bond donors (Lipinski definition) is 1. The summed E-state index contributed by atoms with van der Waals surface area (Å²) in [4.78, 5) is 30.6. The van der Waals surface area contributed by atoms with Crippen molar-refractivity contribution in [1.29, 1.82) is 0 Å². The Hall–Kier alpha value is -2.11. The Kier molecular flexibility index (Phi) is 3.18. The summed E-state index contributed by atoms with van der Waals surface area (Å²) in [5.74, 6) is 0.515. The largest absolute Gasteiger partial charge is 0.443 e. The third kappa shape index (κ3) is 2.52. The first kappa shape index (κ1) is 13.3. The molecule has 6 heteroatoms. The van der Waals surface area contributed by atoms with E-state index >= 15 is 0 Å². The number of aryl methyl sites for hydroxylation is 1. The molecule has 0 fully saturated rings. The molecular weight excluding hydrogens is 246 g/mol. The van der Waals surface area contributed by atoms with E-state index in [0.717, 1.165) is 0 Å². The third-order valence-electron chi connectivity index (χ3n) is 2.55. The van der Waals surface area contributed by atoms with E-state index in [1.807, 2.05) is 6.92 Å². The summed E-state index contributed by atoms with van der Waals surface area (Å²) in [5, 5.41) is 0. The number of nitrogens with one attached hydrogen (secondary N) is 1. The lowest BCUT2D eigenvalue weighted by Gasteiger charge is -2.20. The number of pyridine rings is 1. The maximum atomic E-state index is 12.2. The van der Waals surface area contributed by atoms with Crippen molar-refractivity contribution in [2.45, 2.75) is 39.7 Å². The molecular formula is C13H17N3O3. The molecule has 2 aromatic heterocycles. The molecule has 0 saturated heterocycles. The molecule has 0 aliphatic carbocycles. The van der Waals surface area contributed by atoms with Crippen LogP contribution in [-0.2, 0) is 11.2 Å². The van der Waals surface area contributed by atoms with Gasteiger partial charge in [0.25, 0.3) is 5.56 Å².